The highest BCUT2D eigenvalue weighted by molar-refractivity contribution is 6.46. The fourth-order valence-electron chi connectivity index (χ4n) is 3.04. The zero-order valence-electron chi connectivity index (χ0n) is 14.2. The molecule has 128 valence electrons. The molecule has 3 rings (SSSR count). The highest BCUT2D eigenvalue weighted by Gasteiger charge is 2.44. The van der Waals surface area contributed by atoms with Gasteiger partial charge in [0.05, 0.1) is 24.3 Å². The Morgan fingerprint density at radius 1 is 1.20 bits per heavy atom. The normalized spacial score (nSPS) is 19.3. The molecule has 6 heteroatoms. The van der Waals surface area contributed by atoms with Gasteiger partial charge in [0, 0.05) is 19.4 Å². The zero-order valence-corrected chi connectivity index (χ0v) is 14.2. The Bertz CT molecular complexity index is 874. The summed E-state index contributed by atoms with van der Waals surface area (Å²) < 4.78 is 5.30. The fourth-order valence-corrected chi connectivity index (χ4v) is 3.04. The lowest BCUT2D eigenvalue weighted by Crippen LogP contribution is -2.24. The number of hydrogen-bond acceptors (Lipinski definition) is 5. The summed E-state index contributed by atoms with van der Waals surface area (Å²) in [5.74, 6) is -1.19. The lowest BCUT2D eigenvalue weighted by molar-refractivity contribution is -0.139. The van der Waals surface area contributed by atoms with E-state index < -0.39 is 17.7 Å². The van der Waals surface area contributed by atoms with E-state index in [1.54, 1.807) is 43.7 Å². The van der Waals surface area contributed by atoms with E-state index in [1.165, 1.54) is 12.0 Å². The second-order valence-corrected chi connectivity index (χ2v) is 5.89. The van der Waals surface area contributed by atoms with Crippen LogP contribution in [-0.2, 0) is 9.59 Å². The smallest absolute Gasteiger partial charge is 0.295 e. The second kappa shape index (κ2) is 6.39. The Hall–Kier alpha value is -3.15. The Balaban J connectivity index is 2.24. The number of likely N-dealkylation sites (tertiary alicyclic amines) is 1. The van der Waals surface area contributed by atoms with Crippen molar-refractivity contribution in [3.63, 3.8) is 0 Å². The number of ether oxygens (including phenoxy) is 1. The van der Waals surface area contributed by atoms with Crippen LogP contribution in [-0.4, -0.2) is 40.8 Å². The molecule has 1 saturated heterocycles. The van der Waals surface area contributed by atoms with Crippen LogP contribution in [0.4, 0.5) is 0 Å². The SMILES string of the molecule is COc1ccc(C)cc1/C(O)=C1\C(=O)C(=O)N(C)C1c1ccncc1. The number of aliphatic hydroxyl groups excluding tert-OH is 1. The maximum atomic E-state index is 12.5. The van der Waals surface area contributed by atoms with Crippen LogP contribution in [0, 0.1) is 6.92 Å². The van der Waals surface area contributed by atoms with Gasteiger partial charge in [-0.05, 0) is 36.8 Å². The molecule has 1 aromatic carbocycles. The Labute approximate surface area is 145 Å². The maximum absolute atomic E-state index is 12.5. The molecule has 1 N–H and O–H groups in total. The quantitative estimate of drug-likeness (QED) is 0.528. The standard InChI is InChI=1S/C19H18N2O4/c1-11-4-5-14(25-3)13(10-11)17(22)15-16(12-6-8-20-9-7-12)21(2)19(24)18(15)23/h4-10,16,22H,1-3H3/b17-15+. The minimum atomic E-state index is -0.717. The zero-order chi connectivity index (χ0) is 18.1. The minimum absolute atomic E-state index is 0.0441. The predicted molar refractivity (Wildman–Crippen MR) is 92.0 cm³/mol. The molecular weight excluding hydrogens is 320 g/mol. The summed E-state index contributed by atoms with van der Waals surface area (Å²) in [6, 6.07) is 8.04. The molecule has 0 radical (unpaired) electrons. The molecule has 6 nitrogen and oxygen atoms in total. The number of aromatic nitrogens is 1. The number of methoxy groups -OCH3 is 1. The van der Waals surface area contributed by atoms with E-state index in [-0.39, 0.29) is 11.3 Å². The van der Waals surface area contributed by atoms with Crippen LogP contribution < -0.4 is 4.74 Å². The number of carbonyl (C=O) groups is 2. The summed E-state index contributed by atoms with van der Waals surface area (Å²) in [5, 5.41) is 10.9. The van der Waals surface area contributed by atoms with E-state index >= 15 is 0 Å². The molecule has 1 atom stereocenters. The molecule has 0 spiro atoms. The first-order valence-electron chi connectivity index (χ1n) is 7.75. The third-order valence-electron chi connectivity index (χ3n) is 4.31. The van der Waals surface area contributed by atoms with E-state index in [0.29, 0.717) is 16.9 Å². The maximum Gasteiger partial charge on any atom is 0.295 e. The van der Waals surface area contributed by atoms with E-state index in [4.69, 9.17) is 4.74 Å². The van der Waals surface area contributed by atoms with Gasteiger partial charge in [-0.3, -0.25) is 14.6 Å². The van der Waals surface area contributed by atoms with Gasteiger partial charge in [0.25, 0.3) is 11.7 Å². The van der Waals surface area contributed by atoms with Crippen molar-refractivity contribution in [2.24, 2.45) is 0 Å². The molecule has 2 heterocycles. The molecule has 0 aliphatic carbocycles. The lowest BCUT2D eigenvalue weighted by Gasteiger charge is -2.21. The van der Waals surface area contributed by atoms with E-state index in [2.05, 4.69) is 4.98 Å². The summed E-state index contributed by atoms with van der Waals surface area (Å²) in [5.41, 5.74) is 2.02. The number of nitrogens with zero attached hydrogens (tertiary/aromatic N) is 2. The fraction of sp³-hybridized carbons (Fsp3) is 0.211. The van der Waals surface area contributed by atoms with Gasteiger partial charge in [0.15, 0.2) is 0 Å². The van der Waals surface area contributed by atoms with Crippen molar-refractivity contribution in [2.75, 3.05) is 14.2 Å². The van der Waals surface area contributed by atoms with Crippen molar-refractivity contribution in [3.8, 4) is 5.75 Å². The first-order valence-corrected chi connectivity index (χ1v) is 7.75. The van der Waals surface area contributed by atoms with Crippen LogP contribution in [0.25, 0.3) is 5.76 Å². The number of amides is 1. The van der Waals surface area contributed by atoms with Crippen molar-refractivity contribution >= 4 is 17.4 Å². The summed E-state index contributed by atoms with van der Waals surface area (Å²) >= 11 is 0. The number of pyridine rings is 1. The molecule has 2 aromatic rings. The number of ketones is 1. The number of aryl methyl sites for hydroxylation is 1. The average Bonchev–Trinajstić information content (AvgIpc) is 2.86. The predicted octanol–water partition coefficient (Wildman–Crippen LogP) is 2.45. The Morgan fingerprint density at radius 2 is 1.88 bits per heavy atom. The van der Waals surface area contributed by atoms with Crippen LogP contribution in [0.15, 0.2) is 48.3 Å². The summed E-state index contributed by atoms with van der Waals surface area (Å²) in [6.07, 6.45) is 3.16. The first kappa shape index (κ1) is 16.7. The Morgan fingerprint density at radius 3 is 2.52 bits per heavy atom. The highest BCUT2D eigenvalue weighted by atomic mass is 16.5. The third kappa shape index (κ3) is 2.76. The number of benzene rings is 1. The van der Waals surface area contributed by atoms with Gasteiger partial charge in [0.1, 0.15) is 11.5 Å². The summed E-state index contributed by atoms with van der Waals surface area (Å²) in [6.45, 7) is 1.87. The molecule has 1 fully saturated rings. The molecule has 0 bridgehead atoms. The van der Waals surface area contributed by atoms with Crippen LogP contribution in [0.3, 0.4) is 0 Å². The number of aliphatic hydroxyl groups is 1. The molecule has 1 aromatic heterocycles. The summed E-state index contributed by atoms with van der Waals surface area (Å²) in [4.78, 5) is 30.1. The molecule has 0 saturated carbocycles. The second-order valence-electron chi connectivity index (χ2n) is 5.89. The molecule has 1 amide bonds. The molecule has 1 aliphatic rings. The minimum Gasteiger partial charge on any atom is -0.507 e. The van der Waals surface area contributed by atoms with Crippen molar-refractivity contribution in [3.05, 3.63) is 65.0 Å². The van der Waals surface area contributed by atoms with Crippen molar-refractivity contribution in [2.45, 2.75) is 13.0 Å². The van der Waals surface area contributed by atoms with Crippen molar-refractivity contribution in [1.82, 2.24) is 9.88 Å². The van der Waals surface area contributed by atoms with Crippen LogP contribution in [0.5, 0.6) is 5.75 Å². The van der Waals surface area contributed by atoms with Crippen molar-refractivity contribution < 1.29 is 19.4 Å². The topological polar surface area (TPSA) is 79.7 Å². The van der Waals surface area contributed by atoms with Gasteiger partial charge in [-0.1, -0.05) is 11.6 Å². The number of carbonyl (C=O) groups excluding carboxylic acids is 2. The van der Waals surface area contributed by atoms with Crippen LogP contribution in [0.2, 0.25) is 0 Å². The average molecular weight is 338 g/mol. The monoisotopic (exact) mass is 338 g/mol. The molecule has 1 aliphatic heterocycles. The Kier molecular flexibility index (Phi) is 4.27. The van der Waals surface area contributed by atoms with Gasteiger partial charge in [-0.2, -0.15) is 0 Å². The summed E-state index contributed by atoms with van der Waals surface area (Å²) in [7, 11) is 3.03. The van der Waals surface area contributed by atoms with Crippen molar-refractivity contribution in [1.29, 1.82) is 0 Å². The van der Waals surface area contributed by atoms with E-state index in [1.807, 2.05) is 13.0 Å². The van der Waals surface area contributed by atoms with Gasteiger partial charge >= 0.3 is 0 Å². The van der Waals surface area contributed by atoms with E-state index in [0.717, 1.165) is 5.56 Å². The number of Topliss-reactive ketones (excluding diaryl/α,β-unsaturated/α-hetero) is 1. The van der Waals surface area contributed by atoms with Crippen LogP contribution >= 0.6 is 0 Å². The van der Waals surface area contributed by atoms with Gasteiger partial charge in [0.2, 0.25) is 0 Å². The van der Waals surface area contributed by atoms with Gasteiger partial charge < -0.3 is 14.7 Å². The number of rotatable bonds is 3. The molecule has 25 heavy (non-hydrogen) atoms. The lowest BCUT2D eigenvalue weighted by atomic mass is 9.95. The van der Waals surface area contributed by atoms with Crippen LogP contribution in [0.1, 0.15) is 22.7 Å². The molecular formula is C19H18N2O4. The first-order chi connectivity index (χ1) is 12.0. The van der Waals surface area contributed by atoms with Gasteiger partial charge in [-0.15, -0.1) is 0 Å². The number of hydrogen-bond donors (Lipinski definition) is 1. The largest absolute Gasteiger partial charge is 0.507 e. The third-order valence-corrected chi connectivity index (χ3v) is 4.31. The van der Waals surface area contributed by atoms with Gasteiger partial charge in [-0.25, -0.2) is 0 Å². The molecule has 1 unspecified atom stereocenters. The number of likely N-dealkylation sites (N-methyl/N-ethyl adjacent to an activating group) is 1. The highest BCUT2D eigenvalue weighted by Crippen LogP contribution is 2.39. The van der Waals surface area contributed by atoms with E-state index in [9.17, 15) is 14.7 Å².